The van der Waals surface area contributed by atoms with Gasteiger partial charge in [-0.1, -0.05) is 35.0 Å². The van der Waals surface area contributed by atoms with Crippen LogP contribution in [0.15, 0.2) is 28.8 Å². The molecule has 0 aliphatic carbocycles. The first-order valence-corrected chi connectivity index (χ1v) is 8.91. The fraction of sp³-hybridized carbons (Fsp3) is 0.579. The molecule has 1 saturated heterocycles. The number of rotatable bonds is 5. The van der Waals surface area contributed by atoms with Gasteiger partial charge in [0.25, 0.3) is 0 Å². The third-order valence-corrected chi connectivity index (χ3v) is 4.67. The Morgan fingerprint density at radius 1 is 1.16 bits per heavy atom. The Morgan fingerprint density at radius 2 is 1.80 bits per heavy atom. The zero-order chi connectivity index (χ0) is 18.0. The molecule has 25 heavy (non-hydrogen) atoms. The van der Waals surface area contributed by atoms with Gasteiger partial charge in [-0.3, -0.25) is 9.80 Å². The summed E-state index contributed by atoms with van der Waals surface area (Å²) in [5.74, 6) is 1.30. The Labute approximate surface area is 149 Å². The van der Waals surface area contributed by atoms with Crippen LogP contribution in [0.4, 0.5) is 0 Å². The first-order chi connectivity index (χ1) is 11.8. The van der Waals surface area contributed by atoms with Gasteiger partial charge in [0.1, 0.15) is 0 Å². The standard InChI is InChI=1S/C19H28N4O2/c1-14-5-7-16(8-6-14)17-20-18(25-21-17)15(2)23-11-9-22(10-12-23)13-19(3,4)24/h5-8,15,24H,9-13H2,1-4H3. The largest absolute Gasteiger partial charge is 0.389 e. The van der Waals surface area contributed by atoms with Gasteiger partial charge in [-0.25, -0.2) is 0 Å². The fourth-order valence-electron chi connectivity index (χ4n) is 3.24. The summed E-state index contributed by atoms with van der Waals surface area (Å²) in [6.07, 6.45) is 0. The topological polar surface area (TPSA) is 65.6 Å². The molecule has 0 spiro atoms. The molecule has 1 aromatic heterocycles. The van der Waals surface area contributed by atoms with Crippen molar-refractivity contribution in [2.24, 2.45) is 0 Å². The van der Waals surface area contributed by atoms with Gasteiger partial charge in [-0.05, 0) is 27.7 Å². The van der Waals surface area contributed by atoms with Gasteiger partial charge in [0, 0.05) is 38.3 Å². The molecule has 1 aliphatic rings. The van der Waals surface area contributed by atoms with Crippen LogP contribution >= 0.6 is 0 Å². The van der Waals surface area contributed by atoms with E-state index in [-0.39, 0.29) is 6.04 Å². The second kappa shape index (κ2) is 7.23. The van der Waals surface area contributed by atoms with Gasteiger partial charge in [0.05, 0.1) is 11.6 Å². The summed E-state index contributed by atoms with van der Waals surface area (Å²) in [5, 5.41) is 14.1. The highest BCUT2D eigenvalue weighted by atomic mass is 16.5. The Hall–Kier alpha value is -1.76. The number of piperazine rings is 1. The molecule has 6 heteroatoms. The van der Waals surface area contributed by atoms with Crippen molar-refractivity contribution in [3.63, 3.8) is 0 Å². The van der Waals surface area contributed by atoms with Crippen molar-refractivity contribution in [1.82, 2.24) is 19.9 Å². The van der Waals surface area contributed by atoms with Crippen LogP contribution in [0.25, 0.3) is 11.4 Å². The van der Waals surface area contributed by atoms with Gasteiger partial charge in [-0.2, -0.15) is 4.98 Å². The predicted molar refractivity (Wildman–Crippen MR) is 97.2 cm³/mol. The predicted octanol–water partition coefficient (Wildman–Crippen LogP) is 2.49. The summed E-state index contributed by atoms with van der Waals surface area (Å²) in [6.45, 7) is 12.3. The van der Waals surface area contributed by atoms with E-state index in [4.69, 9.17) is 4.52 Å². The molecule has 0 amide bonds. The summed E-state index contributed by atoms with van der Waals surface area (Å²) in [4.78, 5) is 9.25. The lowest BCUT2D eigenvalue weighted by molar-refractivity contribution is 0.00958. The summed E-state index contributed by atoms with van der Waals surface area (Å²) in [7, 11) is 0. The van der Waals surface area contributed by atoms with Gasteiger partial charge in [-0.15, -0.1) is 0 Å². The number of nitrogens with zero attached hydrogens (tertiary/aromatic N) is 4. The maximum Gasteiger partial charge on any atom is 0.244 e. The number of hydrogen-bond donors (Lipinski definition) is 1. The number of aryl methyl sites for hydroxylation is 1. The third-order valence-electron chi connectivity index (χ3n) is 4.67. The number of aromatic nitrogens is 2. The SMILES string of the molecule is Cc1ccc(-c2noc(C(C)N3CCN(CC(C)(C)O)CC3)n2)cc1. The minimum Gasteiger partial charge on any atom is -0.389 e. The highest BCUT2D eigenvalue weighted by Gasteiger charge is 2.28. The molecule has 0 saturated carbocycles. The van der Waals surface area contributed by atoms with E-state index in [1.54, 1.807) is 0 Å². The summed E-state index contributed by atoms with van der Waals surface area (Å²) < 4.78 is 5.52. The highest BCUT2D eigenvalue weighted by Crippen LogP contribution is 2.24. The molecule has 1 fully saturated rings. The Kier molecular flexibility index (Phi) is 5.22. The normalized spacial score (nSPS) is 18.4. The smallest absolute Gasteiger partial charge is 0.244 e. The molecule has 2 heterocycles. The molecule has 1 N–H and O–H groups in total. The molecular formula is C19H28N4O2. The molecule has 6 nitrogen and oxygen atoms in total. The molecule has 3 rings (SSSR count). The van der Waals surface area contributed by atoms with Crippen molar-refractivity contribution in [2.75, 3.05) is 32.7 Å². The van der Waals surface area contributed by atoms with Crippen molar-refractivity contribution in [1.29, 1.82) is 0 Å². The first kappa shape index (κ1) is 18.0. The van der Waals surface area contributed by atoms with Gasteiger partial charge < -0.3 is 9.63 Å². The monoisotopic (exact) mass is 344 g/mol. The van der Waals surface area contributed by atoms with Crippen LogP contribution in [-0.4, -0.2) is 63.4 Å². The lowest BCUT2D eigenvalue weighted by atomic mass is 10.1. The number of aliphatic hydroxyl groups is 1. The number of hydrogen-bond acceptors (Lipinski definition) is 6. The van der Waals surface area contributed by atoms with Crippen molar-refractivity contribution < 1.29 is 9.63 Å². The highest BCUT2D eigenvalue weighted by molar-refractivity contribution is 5.54. The number of β-amino-alcohol motifs (C(OH)–C–C–N with tert-alkyl or cyclic N) is 1. The molecular weight excluding hydrogens is 316 g/mol. The molecule has 2 aromatic rings. The van der Waals surface area contributed by atoms with Crippen LogP contribution < -0.4 is 0 Å². The van der Waals surface area contributed by atoms with Crippen molar-refractivity contribution >= 4 is 0 Å². The Balaban J connectivity index is 1.61. The van der Waals surface area contributed by atoms with Crippen LogP contribution in [0.3, 0.4) is 0 Å². The van der Waals surface area contributed by atoms with E-state index in [1.807, 2.05) is 26.0 Å². The minimum absolute atomic E-state index is 0.0935. The molecule has 0 bridgehead atoms. The van der Waals surface area contributed by atoms with Crippen LogP contribution in [-0.2, 0) is 0 Å². The zero-order valence-electron chi connectivity index (χ0n) is 15.6. The lowest BCUT2D eigenvalue weighted by Gasteiger charge is -2.38. The molecule has 1 aromatic carbocycles. The third kappa shape index (κ3) is 4.66. The van der Waals surface area contributed by atoms with E-state index >= 15 is 0 Å². The van der Waals surface area contributed by atoms with Crippen molar-refractivity contribution in [3.8, 4) is 11.4 Å². The van der Waals surface area contributed by atoms with Crippen LogP contribution in [0.5, 0.6) is 0 Å². The van der Waals surface area contributed by atoms with E-state index in [9.17, 15) is 5.11 Å². The number of benzene rings is 1. The average molecular weight is 344 g/mol. The molecule has 1 aliphatic heterocycles. The summed E-state index contributed by atoms with van der Waals surface area (Å²) in [5.41, 5.74) is 1.54. The Morgan fingerprint density at radius 3 is 2.40 bits per heavy atom. The van der Waals surface area contributed by atoms with Gasteiger partial charge in [0.15, 0.2) is 0 Å². The van der Waals surface area contributed by atoms with Crippen molar-refractivity contribution in [2.45, 2.75) is 39.3 Å². The maximum absolute atomic E-state index is 9.96. The van der Waals surface area contributed by atoms with E-state index in [0.29, 0.717) is 18.3 Å². The fourth-order valence-corrected chi connectivity index (χ4v) is 3.24. The second-order valence-corrected chi connectivity index (χ2v) is 7.62. The van der Waals surface area contributed by atoms with Crippen LogP contribution in [0.1, 0.15) is 38.3 Å². The van der Waals surface area contributed by atoms with Crippen LogP contribution in [0, 0.1) is 6.92 Å². The lowest BCUT2D eigenvalue weighted by Crippen LogP contribution is -2.50. The first-order valence-electron chi connectivity index (χ1n) is 8.91. The van der Waals surface area contributed by atoms with E-state index in [2.05, 4.69) is 45.9 Å². The Bertz CT molecular complexity index is 682. The van der Waals surface area contributed by atoms with E-state index in [1.165, 1.54) is 5.56 Å². The molecule has 0 radical (unpaired) electrons. The van der Waals surface area contributed by atoms with Gasteiger partial charge >= 0.3 is 0 Å². The summed E-state index contributed by atoms with van der Waals surface area (Å²) in [6, 6.07) is 8.23. The zero-order valence-corrected chi connectivity index (χ0v) is 15.6. The maximum atomic E-state index is 9.96. The quantitative estimate of drug-likeness (QED) is 0.899. The van der Waals surface area contributed by atoms with Crippen molar-refractivity contribution in [3.05, 3.63) is 35.7 Å². The van der Waals surface area contributed by atoms with E-state index in [0.717, 1.165) is 31.7 Å². The van der Waals surface area contributed by atoms with Crippen LogP contribution in [0.2, 0.25) is 0 Å². The molecule has 1 unspecified atom stereocenters. The van der Waals surface area contributed by atoms with Gasteiger partial charge in [0.2, 0.25) is 11.7 Å². The van der Waals surface area contributed by atoms with E-state index < -0.39 is 5.60 Å². The summed E-state index contributed by atoms with van der Waals surface area (Å²) >= 11 is 0. The minimum atomic E-state index is -0.650. The molecule has 1 atom stereocenters. The average Bonchev–Trinajstić information content (AvgIpc) is 3.04. The second-order valence-electron chi connectivity index (χ2n) is 7.62. The molecule has 136 valence electrons.